The lowest BCUT2D eigenvalue weighted by Crippen LogP contribution is -2.64. The molecule has 0 spiro atoms. The molecule has 6 rings (SSSR count). The highest BCUT2D eigenvalue weighted by Crippen LogP contribution is 2.56. The monoisotopic (exact) mass is 588 g/mol. The van der Waals surface area contributed by atoms with E-state index in [9.17, 15) is 20.0 Å². The van der Waals surface area contributed by atoms with Gasteiger partial charge < -0.3 is 20.1 Å². The molecule has 10 nitrogen and oxygen atoms in total. The molecule has 6 atom stereocenters. The van der Waals surface area contributed by atoms with Gasteiger partial charge in [-0.15, -0.1) is 5.10 Å². The molecular formula is C31H33ClN6O4. The van der Waals surface area contributed by atoms with Crippen LogP contribution >= 0.6 is 11.6 Å². The van der Waals surface area contributed by atoms with E-state index in [1.807, 2.05) is 48.7 Å². The Morgan fingerprint density at radius 1 is 1.29 bits per heavy atom. The minimum atomic E-state index is -1.11. The zero-order chi connectivity index (χ0) is 29.6. The average molecular weight is 589 g/mol. The molecule has 1 aromatic heterocycles. The van der Waals surface area contributed by atoms with E-state index < -0.39 is 34.9 Å². The van der Waals surface area contributed by atoms with Gasteiger partial charge in [-0.25, -0.2) is 0 Å². The van der Waals surface area contributed by atoms with Crippen LogP contribution in [0.1, 0.15) is 38.2 Å². The SMILES string of the molecule is COC(=O)[C@@H]1[C@H]2C[C@@H]([C@@]3(CCn4cc(-c5cccc(Cl)c5)nn4)C(=O)Nc4ccccc43)N(C#N)C[C@]2(C)CC[C@@H]1O. The van der Waals surface area contributed by atoms with Crippen molar-refractivity contribution in [2.24, 2.45) is 17.3 Å². The molecular weight excluding hydrogens is 556 g/mol. The van der Waals surface area contributed by atoms with Gasteiger partial charge in [-0.2, -0.15) is 5.26 Å². The van der Waals surface area contributed by atoms with Gasteiger partial charge in [-0.3, -0.25) is 14.3 Å². The molecule has 3 heterocycles. The summed E-state index contributed by atoms with van der Waals surface area (Å²) in [6, 6.07) is 14.4. The summed E-state index contributed by atoms with van der Waals surface area (Å²) in [5, 5.41) is 33.7. The molecule has 42 heavy (non-hydrogen) atoms. The Kier molecular flexibility index (Phi) is 7.19. The van der Waals surface area contributed by atoms with Crippen molar-refractivity contribution in [3.8, 4) is 17.5 Å². The number of aromatic nitrogens is 3. The fraction of sp³-hybridized carbons (Fsp3) is 0.452. The van der Waals surface area contributed by atoms with Gasteiger partial charge in [0.15, 0.2) is 6.19 Å². The van der Waals surface area contributed by atoms with Gasteiger partial charge in [0.2, 0.25) is 5.91 Å². The van der Waals surface area contributed by atoms with Gasteiger partial charge in [0.05, 0.1) is 36.8 Å². The van der Waals surface area contributed by atoms with E-state index in [1.165, 1.54) is 7.11 Å². The van der Waals surface area contributed by atoms with Gasteiger partial charge in [-0.05, 0) is 60.8 Å². The van der Waals surface area contributed by atoms with E-state index in [1.54, 1.807) is 15.6 Å². The number of esters is 1. The second-order valence-corrected chi connectivity index (χ2v) is 12.4. The molecule has 3 aromatic rings. The molecule has 0 bridgehead atoms. The molecule has 2 aliphatic heterocycles. The number of nitrogens with zero attached hydrogens (tertiary/aromatic N) is 5. The number of anilines is 1. The largest absolute Gasteiger partial charge is 0.469 e. The summed E-state index contributed by atoms with van der Waals surface area (Å²) in [4.78, 5) is 28.8. The third kappa shape index (κ3) is 4.52. The van der Waals surface area contributed by atoms with Crippen LogP contribution in [0.25, 0.3) is 11.3 Å². The summed E-state index contributed by atoms with van der Waals surface area (Å²) >= 11 is 6.18. The van der Waals surface area contributed by atoms with E-state index in [2.05, 4.69) is 28.7 Å². The molecule has 2 aromatic carbocycles. The molecule has 1 saturated heterocycles. The molecule has 0 unspecified atom stereocenters. The van der Waals surface area contributed by atoms with Crippen molar-refractivity contribution in [1.29, 1.82) is 5.26 Å². The van der Waals surface area contributed by atoms with E-state index in [0.29, 0.717) is 55.2 Å². The number of amides is 1. The van der Waals surface area contributed by atoms with Gasteiger partial charge in [0.1, 0.15) is 5.69 Å². The number of methoxy groups -OCH3 is 1. The highest BCUT2D eigenvalue weighted by Gasteiger charge is 2.61. The zero-order valence-corrected chi connectivity index (χ0v) is 24.3. The number of aliphatic hydroxyl groups excluding tert-OH is 1. The highest BCUT2D eigenvalue weighted by atomic mass is 35.5. The number of aliphatic hydroxyl groups is 1. The zero-order valence-electron chi connectivity index (χ0n) is 23.5. The van der Waals surface area contributed by atoms with Crippen molar-refractivity contribution in [2.75, 3.05) is 19.0 Å². The summed E-state index contributed by atoms with van der Waals surface area (Å²) in [7, 11) is 1.33. The van der Waals surface area contributed by atoms with Gasteiger partial charge in [0, 0.05) is 29.4 Å². The molecule has 218 valence electrons. The number of nitrogens with one attached hydrogen (secondary N) is 1. The lowest BCUT2D eigenvalue weighted by Gasteiger charge is -2.56. The summed E-state index contributed by atoms with van der Waals surface area (Å²) in [6.07, 6.45) is 5.19. The second kappa shape index (κ2) is 10.7. The van der Waals surface area contributed by atoms with Gasteiger partial charge in [-0.1, -0.05) is 54.1 Å². The van der Waals surface area contributed by atoms with Gasteiger partial charge in [0.25, 0.3) is 0 Å². The van der Waals surface area contributed by atoms with Crippen LogP contribution < -0.4 is 5.32 Å². The number of benzene rings is 2. The number of rotatable bonds is 6. The number of piperidine rings is 1. The number of ether oxygens (including phenoxy) is 1. The molecule has 0 radical (unpaired) electrons. The number of carbonyl (C=O) groups is 2. The number of fused-ring (bicyclic) bond motifs is 2. The standard InChI is InChI=1S/C31H33ClN6O4/c1-30-11-10-25(39)27(28(40)42-2)22(30)15-26(37(17-30)18-33)31(21-8-3-4-9-23(21)34-29(31)41)12-13-38-16-24(35-36-38)19-6-5-7-20(32)14-19/h3-9,14,16,22,25-27,39H,10-13,15,17H2,1-2H3,(H,34,41)/t22-,25+,26+,27-,30+,31+/m1/s1. The van der Waals surface area contributed by atoms with Crippen LogP contribution in [0.2, 0.25) is 5.02 Å². The fourth-order valence-electron chi connectivity index (χ4n) is 7.63. The topological polar surface area (TPSA) is 133 Å². The smallest absolute Gasteiger partial charge is 0.311 e. The Morgan fingerprint density at radius 3 is 2.86 bits per heavy atom. The van der Waals surface area contributed by atoms with Crippen LogP contribution in [0.3, 0.4) is 0 Å². The molecule has 11 heteroatoms. The Morgan fingerprint density at radius 2 is 2.10 bits per heavy atom. The van der Waals surface area contributed by atoms with Crippen LogP contribution in [0, 0.1) is 28.7 Å². The number of hydrogen-bond acceptors (Lipinski definition) is 8. The van der Waals surface area contributed by atoms with Crippen LogP contribution in [-0.2, 0) is 26.3 Å². The van der Waals surface area contributed by atoms with Crippen molar-refractivity contribution < 1.29 is 19.4 Å². The third-order valence-electron chi connectivity index (χ3n) is 9.77. The summed E-state index contributed by atoms with van der Waals surface area (Å²) in [5.41, 5.74) is 1.49. The van der Waals surface area contributed by atoms with Crippen LogP contribution in [0.5, 0.6) is 0 Å². The predicted molar refractivity (Wildman–Crippen MR) is 155 cm³/mol. The lowest BCUT2D eigenvalue weighted by atomic mass is 9.54. The normalized spacial score (nSPS) is 30.2. The minimum absolute atomic E-state index is 0.196. The third-order valence-corrected chi connectivity index (χ3v) is 10.0. The highest BCUT2D eigenvalue weighted by molar-refractivity contribution is 6.30. The van der Waals surface area contributed by atoms with E-state index in [0.717, 1.165) is 11.1 Å². The van der Waals surface area contributed by atoms with E-state index >= 15 is 0 Å². The first kappa shape index (κ1) is 28.2. The number of likely N-dealkylation sites (tertiary alicyclic amines) is 1. The Hall–Kier alpha value is -3.94. The van der Waals surface area contributed by atoms with E-state index in [-0.39, 0.29) is 11.8 Å². The summed E-state index contributed by atoms with van der Waals surface area (Å²) in [6.45, 7) is 2.80. The maximum absolute atomic E-state index is 14.1. The van der Waals surface area contributed by atoms with Crippen LogP contribution in [0.15, 0.2) is 54.7 Å². The van der Waals surface area contributed by atoms with Crippen LogP contribution in [0.4, 0.5) is 5.69 Å². The first-order valence-corrected chi connectivity index (χ1v) is 14.6. The first-order chi connectivity index (χ1) is 20.2. The fourth-order valence-corrected chi connectivity index (χ4v) is 7.82. The van der Waals surface area contributed by atoms with Crippen molar-refractivity contribution in [2.45, 2.75) is 56.7 Å². The Labute approximate surface area is 249 Å². The predicted octanol–water partition coefficient (Wildman–Crippen LogP) is 4.00. The Balaban J connectivity index is 1.39. The number of aryl methyl sites for hydroxylation is 1. The summed E-state index contributed by atoms with van der Waals surface area (Å²) < 4.78 is 6.84. The van der Waals surface area contributed by atoms with Crippen molar-refractivity contribution >= 4 is 29.2 Å². The van der Waals surface area contributed by atoms with Crippen molar-refractivity contribution in [3.05, 3.63) is 65.3 Å². The number of para-hydroxylation sites is 1. The molecule has 3 aliphatic rings. The molecule has 1 amide bonds. The second-order valence-electron chi connectivity index (χ2n) is 12.0. The number of carbonyl (C=O) groups excluding carboxylic acids is 2. The number of halogens is 1. The summed E-state index contributed by atoms with van der Waals surface area (Å²) in [5.74, 6) is -1.66. The van der Waals surface area contributed by atoms with Gasteiger partial charge >= 0.3 is 5.97 Å². The molecule has 1 aliphatic carbocycles. The van der Waals surface area contributed by atoms with Crippen LogP contribution in [-0.4, -0.2) is 62.7 Å². The number of nitriles is 1. The molecule has 2 fully saturated rings. The first-order valence-electron chi connectivity index (χ1n) is 14.2. The quantitative estimate of drug-likeness (QED) is 0.326. The van der Waals surface area contributed by atoms with Crippen molar-refractivity contribution in [1.82, 2.24) is 19.9 Å². The average Bonchev–Trinajstić information content (AvgIpc) is 3.58. The maximum atomic E-state index is 14.1. The molecule has 2 N–H and O–H groups in total. The molecule has 1 saturated carbocycles. The van der Waals surface area contributed by atoms with Crippen molar-refractivity contribution in [3.63, 3.8) is 0 Å². The lowest BCUT2D eigenvalue weighted by molar-refractivity contribution is -0.167. The maximum Gasteiger partial charge on any atom is 0.311 e. The minimum Gasteiger partial charge on any atom is -0.469 e. The Bertz CT molecular complexity index is 1570. The number of hydrogen-bond donors (Lipinski definition) is 2. The van der Waals surface area contributed by atoms with E-state index in [4.69, 9.17) is 16.3 Å².